The predicted octanol–water partition coefficient (Wildman–Crippen LogP) is 1.82. The van der Waals surface area contributed by atoms with Crippen molar-refractivity contribution in [3.05, 3.63) is 51.3 Å². The number of halogens is 1. The number of nitrogens with one attached hydrogen (secondary N) is 3. The van der Waals surface area contributed by atoms with E-state index < -0.39 is 17.3 Å². The molecule has 1 fully saturated rings. The van der Waals surface area contributed by atoms with Gasteiger partial charge in [0.25, 0.3) is 5.91 Å². The number of aryl methyl sites for hydroxylation is 2. The molecular weight excluding hydrogens is 363 g/mol. The highest BCUT2D eigenvalue weighted by molar-refractivity contribution is 6.11. The lowest BCUT2D eigenvalue weighted by molar-refractivity contribution is 0.102. The van der Waals surface area contributed by atoms with Gasteiger partial charge in [-0.05, 0) is 50.6 Å². The fourth-order valence-electron chi connectivity index (χ4n) is 3.57. The molecule has 0 radical (unpaired) electrons. The molecule has 28 heavy (non-hydrogen) atoms. The van der Waals surface area contributed by atoms with Crippen LogP contribution in [0.1, 0.15) is 40.5 Å². The monoisotopic (exact) mass is 384 g/mol. The summed E-state index contributed by atoms with van der Waals surface area (Å²) in [6, 6.07) is 4.15. The minimum Gasteiger partial charge on any atom is -0.319 e. The number of nitrogens with zero attached hydrogens (tertiary/aromatic N) is 3. The van der Waals surface area contributed by atoms with Gasteiger partial charge in [0.05, 0.1) is 11.1 Å². The topological polar surface area (TPSA) is 105 Å². The summed E-state index contributed by atoms with van der Waals surface area (Å²) in [6.45, 7) is 3.55. The summed E-state index contributed by atoms with van der Waals surface area (Å²) in [5.74, 6) is 0.120. The van der Waals surface area contributed by atoms with Crippen LogP contribution in [0.3, 0.4) is 0 Å². The molecule has 0 saturated carbocycles. The van der Waals surface area contributed by atoms with Crippen molar-refractivity contribution in [1.29, 1.82) is 0 Å². The van der Waals surface area contributed by atoms with Crippen LogP contribution in [0.5, 0.6) is 0 Å². The number of H-pyrrole nitrogens is 1. The molecule has 0 aliphatic carbocycles. The molecule has 9 heteroatoms. The first-order valence-electron chi connectivity index (χ1n) is 9.18. The zero-order valence-corrected chi connectivity index (χ0v) is 15.7. The molecule has 0 spiro atoms. The summed E-state index contributed by atoms with van der Waals surface area (Å²) in [7, 11) is 1.70. The van der Waals surface area contributed by atoms with Crippen LogP contribution in [0.2, 0.25) is 0 Å². The highest BCUT2D eigenvalue weighted by Crippen LogP contribution is 2.24. The Bertz CT molecular complexity index is 1110. The summed E-state index contributed by atoms with van der Waals surface area (Å²) < 4.78 is 15.7. The fourth-order valence-corrected chi connectivity index (χ4v) is 3.57. The lowest BCUT2D eigenvalue weighted by Crippen LogP contribution is -2.27. The maximum atomic E-state index is 14.2. The molecule has 8 nitrogen and oxygen atoms in total. The SMILES string of the molecule is Cc1cc(F)c2[nH]c(=O)cc(C(=O)Nc3nc(C4CCNCC4)nn3C)c2c1. The predicted molar refractivity (Wildman–Crippen MR) is 103 cm³/mol. The second-order valence-electron chi connectivity index (χ2n) is 7.11. The lowest BCUT2D eigenvalue weighted by atomic mass is 9.98. The Hall–Kier alpha value is -3.07. The summed E-state index contributed by atoms with van der Waals surface area (Å²) in [5.41, 5.74) is 0.205. The van der Waals surface area contributed by atoms with E-state index in [4.69, 9.17) is 0 Å². The zero-order chi connectivity index (χ0) is 19.8. The lowest BCUT2D eigenvalue weighted by Gasteiger charge is -2.19. The third-order valence-electron chi connectivity index (χ3n) is 5.00. The van der Waals surface area contributed by atoms with Gasteiger partial charge in [0, 0.05) is 24.4 Å². The molecule has 2 aromatic heterocycles. The van der Waals surface area contributed by atoms with Crippen LogP contribution < -0.4 is 16.2 Å². The number of aromatic amines is 1. The maximum Gasteiger partial charge on any atom is 0.258 e. The minimum atomic E-state index is -0.575. The number of carbonyl (C=O) groups excluding carboxylic acids is 1. The van der Waals surface area contributed by atoms with Crippen molar-refractivity contribution in [2.75, 3.05) is 18.4 Å². The number of hydrogen-bond acceptors (Lipinski definition) is 5. The molecule has 0 unspecified atom stereocenters. The Kier molecular flexibility index (Phi) is 4.68. The van der Waals surface area contributed by atoms with E-state index in [-0.39, 0.29) is 17.0 Å². The van der Waals surface area contributed by atoms with Gasteiger partial charge in [0.15, 0.2) is 5.82 Å². The molecule has 1 aliphatic heterocycles. The van der Waals surface area contributed by atoms with Gasteiger partial charge in [0.1, 0.15) is 5.82 Å². The highest BCUT2D eigenvalue weighted by Gasteiger charge is 2.22. The molecule has 3 aromatic rings. The van der Waals surface area contributed by atoms with Gasteiger partial charge < -0.3 is 10.3 Å². The number of pyridine rings is 1. The Balaban J connectivity index is 1.68. The van der Waals surface area contributed by atoms with Gasteiger partial charge in [-0.3, -0.25) is 14.9 Å². The zero-order valence-electron chi connectivity index (χ0n) is 15.7. The Morgan fingerprint density at radius 3 is 2.79 bits per heavy atom. The number of aromatic nitrogens is 4. The maximum absolute atomic E-state index is 14.2. The third-order valence-corrected chi connectivity index (χ3v) is 5.00. The molecule has 1 aromatic carbocycles. The molecule has 3 heterocycles. The van der Waals surface area contributed by atoms with Gasteiger partial charge >= 0.3 is 0 Å². The van der Waals surface area contributed by atoms with E-state index in [1.54, 1.807) is 20.0 Å². The smallest absolute Gasteiger partial charge is 0.258 e. The van der Waals surface area contributed by atoms with Crippen LogP contribution in [-0.4, -0.2) is 38.7 Å². The van der Waals surface area contributed by atoms with Gasteiger partial charge in [-0.2, -0.15) is 10.1 Å². The molecule has 146 valence electrons. The van der Waals surface area contributed by atoms with Crippen molar-refractivity contribution >= 4 is 22.8 Å². The molecule has 4 rings (SSSR count). The van der Waals surface area contributed by atoms with Gasteiger partial charge in [-0.25, -0.2) is 9.07 Å². The largest absolute Gasteiger partial charge is 0.319 e. The van der Waals surface area contributed by atoms with Crippen LogP contribution in [-0.2, 0) is 7.05 Å². The van der Waals surface area contributed by atoms with Crippen LogP contribution in [0, 0.1) is 12.7 Å². The molecular formula is C19H21FN6O2. The minimum absolute atomic E-state index is 0.0107. The van der Waals surface area contributed by atoms with Crippen molar-refractivity contribution in [3.63, 3.8) is 0 Å². The number of piperidine rings is 1. The van der Waals surface area contributed by atoms with Crippen LogP contribution in [0.15, 0.2) is 23.0 Å². The summed E-state index contributed by atoms with van der Waals surface area (Å²) in [6.07, 6.45) is 1.88. The Labute approximate surface area is 160 Å². The fraction of sp³-hybridized carbons (Fsp3) is 0.368. The quantitative estimate of drug-likeness (QED) is 0.639. The van der Waals surface area contributed by atoms with Crippen molar-refractivity contribution < 1.29 is 9.18 Å². The molecule has 0 bridgehead atoms. The Morgan fingerprint density at radius 1 is 1.29 bits per heavy atom. The second-order valence-corrected chi connectivity index (χ2v) is 7.11. The second kappa shape index (κ2) is 7.16. The number of carbonyl (C=O) groups is 1. The Morgan fingerprint density at radius 2 is 2.04 bits per heavy atom. The standard InChI is InChI=1S/C19H21FN6O2/c1-10-7-12-13(9-15(27)22-16(12)14(20)8-10)18(28)24-19-23-17(25-26(19)2)11-3-5-21-6-4-11/h7-9,11,21H,3-6H2,1-2H3,(H,22,27)(H,23,24,25,28). The average Bonchev–Trinajstić information content (AvgIpc) is 3.03. The third kappa shape index (κ3) is 3.40. The number of benzene rings is 1. The normalized spacial score (nSPS) is 15.1. The van der Waals surface area contributed by atoms with E-state index in [1.807, 2.05) is 0 Å². The number of hydrogen-bond donors (Lipinski definition) is 3. The summed E-state index contributed by atoms with van der Waals surface area (Å²) in [5, 5.41) is 10.8. The van der Waals surface area contributed by atoms with E-state index >= 15 is 0 Å². The first-order valence-corrected chi connectivity index (χ1v) is 9.18. The van der Waals surface area contributed by atoms with Crippen LogP contribution >= 0.6 is 0 Å². The van der Waals surface area contributed by atoms with E-state index in [1.165, 1.54) is 16.8 Å². The van der Waals surface area contributed by atoms with Gasteiger partial charge in [-0.15, -0.1) is 0 Å². The molecule has 1 aliphatic rings. The van der Waals surface area contributed by atoms with Gasteiger partial charge in [-0.1, -0.05) is 0 Å². The van der Waals surface area contributed by atoms with Crippen molar-refractivity contribution in [2.24, 2.45) is 7.05 Å². The van der Waals surface area contributed by atoms with E-state index in [2.05, 4.69) is 25.7 Å². The molecule has 1 amide bonds. The van der Waals surface area contributed by atoms with Gasteiger partial charge in [0.2, 0.25) is 11.5 Å². The van der Waals surface area contributed by atoms with E-state index in [9.17, 15) is 14.0 Å². The first kappa shape index (κ1) is 18.3. The highest BCUT2D eigenvalue weighted by atomic mass is 19.1. The molecule has 1 saturated heterocycles. The number of fused-ring (bicyclic) bond motifs is 1. The van der Waals surface area contributed by atoms with Crippen LogP contribution in [0.4, 0.5) is 10.3 Å². The van der Waals surface area contributed by atoms with Crippen molar-refractivity contribution in [1.82, 2.24) is 25.1 Å². The van der Waals surface area contributed by atoms with E-state index in [0.29, 0.717) is 22.7 Å². The van der Waals surface area contributed by atoms with Crippen molar-refractivity contribution in [3.8, 4) is 0 Å². The molecule has 3 N–H and O–H groups in total. The first-order chi connectivity index (χ1) is 13.4. The average molecular weight is 384 g/mol. The number of amides is 1. The number of anilines is 1. The van der Waals surface area contributed by atoms with E-state index in [0.717, 1.165) is 25.9 Å². The van der Waals surface area contributed by atoms with Crippen LogP contribution in [0.25, 0.3) is 10.9 Å². The summed E-state index contributed by atoms with van der Waals surface area (Å²) in [4.78, 5) is 31.7. The summed E-state index contributed by atoms with van der Waals surface area (Å²) >= 11 is 0. The molecule has 0 atom stereocenters. The van der Waals surface area contributed by atoms with Crippen molar-refractivity contribution in [2.45, 2.75) is 25.7 Å². The number of rotatable bonds is 3.